The van der Waals surface area contributed by atoms with E-state index in [1.165, 1.54) is 12.8 Å². The summed E-state index contributed by atoms with van der Waals surface area (Å²) in [6, 6.07) is 8.04. The molecule has 0 amide bonds. The van der Waals surface area contributed by atoms with Gasteiger partial charge in [-0.05, 0) is 37.4 Å². The van der Waals surface area contributed by atoms with Crippen LogP contribution >= 0.6 is 11.6 Å². The van der Waals surface area contributed by atoms with E-state index in [9.17, 15) is 0 Å². The molecule has 0 heterocycles. The molecule has 1 saturated carbocycles. The van der Waals surface area contributed by atoms with Gasteiger partial charge in [-0.25, -0.2) is 0 Å². The van der Waals surface area contributed by atoms with Gasteiger partial charge in [-0.2, -0.15) is 5.26 Å². The first kappa shape index (κ1) is 13.2. The average molecular weight is 264 g/mol. The Balaban J connectivity index is 2.18. The smallest absolute Gasteiger partial charge is 0.103 e. The molecule has 96 valence electrons. The standard InChI is InChI=1S/C14H18ClN3/c15-12-5-3-7-14(11(12)9-17)18-13-6-2-1-4-10(13)8-16/h3,5,7,10,13,18H,1-2,4,6,8,16H2. The summed E-state index contributed by atoms with van der Waals surface area (Å²) >= 11 is 6.03. The number of nitrogens with zero attached hydrogens (tertiary/aromatic N) is 1. The van der Waals surface area contributed by atoms with Gasteiger partial charge in [-0.1, -0.05) is 30.5 Å². The Kier molecular flexibility index (Phi) is 4.46. The lowest BCUT2D eigenvalue weighted by Gasteiger charge is -2.32. The topological polar surface area (TPSA) is 61.8 Å². The molecule has 0 spiro atoms. The van der Waals surface area contributed by atoms with Crippen LogP contribution in [-0.4, -0.2) is 12.6 Å². The van der Waals surface area contributed by atoms with Crippen LogP contribution in [0.2, 0.25) is 5.02 Å². The minimum atomic E-state index is 0.356. The van der Waals surface area contributed by atoms with Gasteiger partial charge >= 0.3 is 0 Å². The van der Waals surface area contributed by atoms with Crippen LogP contribution in [0.15, 0.2) is 18.2 Å². The number of nitriles is 1. The van der Waals surface area contributed by atoms with E-state index in [-0.39, 0.29) is 0 Å². The highest BCUT2D eigenvalue weighted by molar-refractivity contribution is 6.32. The summed E-state index contributed by atoms with van der Waals surface area (Å²) in [6.07, 6.45) is 4.74. The number of rotatable bonds is 3. The van der Waals surface area contributed by atoms with Crippen LogP contribution in [0, 0.1) is 17.2 Å². The zero-order valence-corrected chi connectivity index (χ0v) is 11.1. The second-order valence-electron chi connectivity index (χ2n) is 4.81. The molecule has 2 atom stereocenters. The maximum absolute atomic E-state index is 9.15. The summed E-state index contributed by atoms with van der Waals surface area (Å²) in [5.41, 5.74) is 7.17. The minimum Gasteiger partial charge on any atom is -0.381 e. The Morgan fingerprint density at radius 2 is 2.17 bits per heavy atom. The highest BCUT2D eigenvalue weighted by Crippen LogP contribution is 2.29. The van der Waals surface area contributed by atoms with Gasteiger partial charge in [0.15, 0.2) is 0 Å². The molecule has 2 rings (SSSR count). The van der Waals surface area contributed by atoms with Crippen LogP contribution < -0.4 is 11.1 Å². The molecular weight excluding hydrogens is 246 g/mol. The Morgan fingerprint density at radius 3 is 2.89 bits per heavy atom. The average Bonchev–Trinajstić information content (AvgIpc) is 2.40. The van der Waals surface area contributed by atoms with Gasteiger partial charge in [0.2, 0.25) is 0 Å². The van der Waals surface area contributed by atoms with Crippen molar-refractivity contribution in [2.75, 3.05) is 11.9 Å². The zero-order chi connectivity index (χ0) is 13.0. The quantitative estimate of drug-likeness (QED) is 0.881. The molecule has 1 aliphatic rings. The van der Waals surface area contributed by atoms with E-state index in [2.05, 4.69) is 11.4 Å². The predicted octanol–water partition coefficient (Wildman–Crippen LogP) is 3.14. The van der Waals surface area contributed by atoms with E-state index in [4.69, 9.17) is 22.6 Å². The largest absolute Gasteiger partial charge is 0.381 e. The third-order valence-corrected chi connectivity index (χ3v) is 3.99. The Hall–Kier alpha value is -1.24. The Bertz CT molecular complexity index is 453. The lowest BCUT2D eigenvalue weighted by molar-refractivity contribution is 0.332. The highest BCUT2D eigenvalue weighted by Gasteiger charge is 2.24. The molecule has 0 aliphatic heterocycles. The van der Waals surface area contributed by atoms with Gasteiger partial charge in [0, 0.05) is 6.04 Å². The first-order chi connectivity index (χ1) is 8.76. The molecule has 0 saturated heterocycles. The normalized spacial score (nSPS) is 23.4. The summed E-state index contributed by atoms with van der Waals surface area (Å²) in [4.78, 5) is 0. The van der Waals surface area contributed by atoms with E-state index in [1.54, 1.807) is 6.07 Å². The third-order valence-electron chi connectivity index (χ3n) is 3.68. The summed E-state index contributed by atoms with van der Waals surface area (Å²) in [6.45, 7) is 0.695. The van der Waals surface area contributed by atoms with Crippen LogP contribution in [0.1, 0.15) is 31.2 Å². The fraction of sp³-hybridized carbons (Fsp3) is 0.500. The second kappa shape index (κ2) is 6.08. The highest BCUT2D eigenvalue weighted by atomic mass is 35.5. The van der Waals surface area contributed by atoms with Crippen molar-refractivity contribution in [2.24, 2.45) is 11.7 Å². The molecule has 1 aromatic rings. The van der Waals surface area contributed by atoms with Gasteiger partial charge < -0.3 is 11.1 Å². The molecule has 2 unspecified atom stereocenters. The summed E-state index contributed by atoms with van der Waals surface area (Å²) in [5, 5.41) is 13.1. The van der Waals surface area contributed by atoms with Gasteiger partial charge in [-0.15, -0.1) is 0 Å². The predicted molar refractivity (Wildman–Crippen MR) is 74.6 cm³/mol. The Morgan fingerprint density at radius 1 is 1.39 bits per heavy atom. The van der Waals surface area contributed by atoms with Gasteiger partial charge in [0.25, 0.3) is 0 Å². The number of nitrogens with two attached hydrogens (primary N) is 1. The van der Waals surface area contributed by atoms with Crippen molar-refractivity contribution in [1.82, 2.24) is 0 Å². The van der Waals surface area contributed by atoms with Crippen molar-refractivity contribution < 1.29 is 0 Å². The van der Waals surface area contributed by atoms with Gasteiger partial charge in [0.05, 0.1) is 16.3 Å². The minimum absolute atomic E-state index is 0.356. The molecule has 3 nitrogen and oxygen atoms in total. The maximum atomic E-state index is 9.15. The summed E-state index contributed by atoms with van der Waals surface area (Å²) < 4.78 is 0. The van der Waals surface area contributed by atoms with Gasteiger partial charge in [-0.3, -0.25) is 0 Å². The lowest BCUT2D eigenvalue weighted by atomic mass is 9.84. The van der Waals surface area contributed by atoms with Crippen molar-refractivity contribution in [3.05, 3.63) is 28.8 Å². The van der Waals surface area contributed by atoms with Gasteiger partial charge in [0.1, 0.15) is 6.07 Å². The summed E-state index contributed by atoms with van der Waals surface area (Å²) in [5.74, 6) is 0.490. The number of halogens is 1. The molecule has 3 N–H and O–H groups in total. The molecule has 1 aliphatic carbocycles. The molecule has 4 heteroatoms. The fourth-order valence-electron chi connectivity index (χ4n) is 2.64. The van der Waals surface area contributed by atoms with Crippen LogP contribution in [0.3, 0.4) is 0 Å². The number of hydrogen-bond acceptors (Lipinski definition) is 3. The first-order valence-corrected chi connectivity index (χ1v) is 6.79. The van der Waals surface area contributed by atoms with Crippen molar-refractivity contribution in [3.8, 4) is 6.07 Å². The number of hydrogen-bond donors (Lipinski definition) is 2. The van der Waals surface area contributed by atoms with Crippen molar-refractivity contribution in [3.63, 3.8) is 0 Å². The van der Waals surface area contributed by atoms with E-state index in [0.29, 0.717) is 29.1 Å². The van der Waals surface area contributed by atoms with E-state index in [0.717, 1.165) is 18.5 Å². The number of benzene rings is 1. The van der Waals surface area contributed by atoms with E-state index in [1.807, 2.05) is 12.1 Å². The van der Waals surface area contributed by atoms with Crippen molar-refractivity contribution in [1.29, 1.82) is 5.26 Å². The second-order valence-corrected chi connectivity index (χ2v) is 5.21. The van der Waals surface area contributed by atoms with Crippen molar-refractivity contribution in [2.45, 2.75) is 31.7 Å². The van der Waals surface area contributed by atoms with Crippen LogP contribution in [0.5, 0.6) is 0 Å². The zero-order valence-electron chi connectivity index (χ0n) is 10.3. The number of nitrogens with one attached hydrogen (secondary N) is 1. The first-order valence-electron chi connectivity index (χ1n) is 6.41. The van der Waals surface area contributed by atoms with Crippen LogP contribution in [-0.2, 0) is 0 Å². The molecular formula is C14H18ClN3. The van der Waals surface area contributed by atoms with Crippen LogP contribution in [0.25, 0.3) is 0 Å². The summed E-state index contributed by atoms with van der Waals surface area (Å²) in [7, 11) is 0. The van der Waals surface area contributed by atoms with E-state index >= 15 is 0 Å². The van der Waals surface area contributed by atoms with E-state index < -0.39 is 0 Å². The molecule has 0 aromatic heterocycles. The third kappa shape index (κ3) is 2.77. The monoisotopic (exact) mass is 263 g/mol. The molecule has 0 bridgehead atoms. The lowest BCUT2D eigenvalue weighted by Crippen LogP contribution is -2.36. The molecule has 1 aromatic carbocycles. The molecule has 18 heavy (non-hydrogen) atoms. The van der Waals surface area contributed by atoms with Crippen molar-refractivity contribution >= 4 is 17.3 Å². The fourth-order valence-corrected chi connectivity index (χ4v) is 2.85. The molecule has 1 fully saturated rings. The number of anilines is 1. The SMILES string of the molecule is N#Cc1c(Cl)cccc1NC1CCCCC1CN. The molecule has 0 radical (unpaired) electrons. The van der Waals surface area contributed by atoms with Crippen LogP contribution in [0.4, 0.5) is 5.69 Å². The maximum Gasteiger partial charge on any atom is 0.103 e. The Labute approximate surface area is 113 Å².